The molecule has 0 aromatic heterocycles. The van der Waals surface area contributed by atoms with E-state index < -0.39 is 6.09 Å². The molecule has 9 heteroatoms. The van der Waals surface area contributed by atoms with Crippen molar-refractivity contribution in [2.24, 2.45) is 0 Å². The molecule has 2 aliphatic rings. The summed E-state index contributed by atoms with van der Waals surface area (Å²) < 4.78 is 5.15. The van der Waals surface area contributed by atoms with Crippen LogP contribution in [0.5, 0.6) is 0 Å². The molecule has 2 atom stereocenters. The quantitative estimate of drug-likeness (QED) is 0.547. The average Bonchev–Trinajstić information content (AvgIpc) is 2.78. The molecule has 0 saturated carbocycles. The second kappa shape index (κ2) is 11.4. The molecular weight excluding hydrogens is 454 g/mol. The van der Waals surface area contributed by atoms with Crippen molar-refractivity contribution in [1.29, 1.82) is 0 Å². The number of nitrogens with zero attached hydrogens (tertiary/aromatic N) is 3. The van der Waals surface area contributed by atoms with E-state index in [4.69, 9.17) is 4.74 Å². The first-order valence-corrected chi connectivity index (χ1v) is 13.0. The van der Waals surface area contributed by atoms with E-state index in [0.717, 1.165) is 41.8 Å². The fourth-order valence-electron chi connectivity index (χ4n) is 4.85. The van der Waals surface area contributed by atoms with Gasteiger partial charge in [-0.25, -0.2) is 4.79 Å². The van der Waals surface area contributed by atoms with Gasteiger partial charge in [-0.3, -0.25) is 9.59 Å². The van der Waals surface area contributed by atoms with E-state index in [1.807, 2.05) is 49.6 Å². The Morgan fingerprint density at radius 2 is 2.03 bits per heavy atom. The van der Waals surface area contributed by atoms with Gasteiger partial charge < -0.3 is 24.5 Å². The van der Waals surface area contributed by atoms with Gasteiger partial charge in [0.15, 0.2) is 0 Å². The lowest BCUT2D eigenvalue weighted by atomic mass is 9.99. The van der Waals surface area contributed by atoms with Gasteiger partial charge in [-0.05, 0) is 71.1 Å². The van der Waals surface area contributed by atoms with E-state index in [1.54, 1.807) is 7.11 Å². The van der Waals surface area contributed by atoms with Gasteiger partial charge in [0.2, 0.25) is 5.91 Å². The Hall–Kier alpha value is -2.26. The maximum atomic E-state index is 13.9. The highest BCUT2D eigenvalue weighted by Gasteiger charge is 2.35. The highest BCUT2D eigenvalue weighted by Crippen LogP contribution is 2.41. The van der Waals surface area contributed by atoms with Gasteiger partial charge in [-0.1, -0.05) is 0 Å². The lowest BCUT2D eigenvalue weighted by Crippen LogP contribution is -2.53. The van der Waals surface area contributed by atoms with E-state index in [0.29, 0.717) is 31.8 Å². The van der Waals surface area contributed by atoms with Crippen molar-refractivity contribution in [3.63, 3.8) is 0 Å². The number of benzene rings is 1. The number of rotatable bonds is 8. The molecule has 2 aliphatic heterocycles. The second-order valence-corrected chi connectivity index (χ2v) is 10.8. The van der Waals surface area contributed by atoms with Crippen LogP contribution < -0.4 is 4.90 Å². The minimum atomic E-state index is -0.945. The highest BCUT2D eigenvalue weighted by molar-refractivity contribution is 8.01. The van der Waals surface area contributed by atoms with Crippen LogP contribution >= 0.6 is 11.8 Å². The van der Waals surface area contributed by atoms with Crippen LogP contribution in [0, 0.1) is 6.92 Å². The molecule has 3 rings (SSSR count). The smallest absolute Gasteiger partial charge is 0.407 e. The van der Waals surface area contributed by atoms with Crippen LogP contribution in [-0.2, 0) is 9.53 Å². The number of likely N-dealkylation sites (tertiary alicyclic amines) is 1. The molecule has 188 valence electrons. The largest absolute Gasteiger partial charge is 0.465 e. The van der Waals surface area contributed by atoms with Crippen LogP contribution in [0.3, 0.4) is 0 Å². The van der Waals surface area contributed by atoms with Gasteiger partial charge >= 0.3 is 6.09 Å². The Balaban J connectivity index is 1.92. The first-order chi connectivity index (χ1) is 16.1. The number of aryl methyl sites for hydroxylation is 1. The predicted molar refractivity (Wildman–Crippen MR) is 134 cm³/mol. The van der Waals surface area contributed by atoms with Gasteiger partial charge in [-0.2, -0.15) is 0 Å². The molecule has 1 fully saturated rings. The van der Waals surface area contributed by atoms with Crippen LogP contribution in [0.25, 0.3) is 0 Å². The zero-order valence-corrected chi connectivity index (χ0v) is 21.7. The maximum Gasteiger partial charge on any atom is 0.407 e. The number of unbranched alkanes of at least 4 members (excludes halogenated alkanes) is 1. The number of thioether (sulfide) groups is 1. The third-order valence-electron chi connectivity index (χ3n) is 6.58. The standard InChI is InChI=1S/C25H37N3O5S/c1-16(2)28(19-9-8-10-26(15-19)25(31)32)24(30)20-14-21-22(13-17(20)3)34-18(4)23(29)27(21)11-6-7-12-33-5/h13-14,16,18-19H,6-12,15H2,1-5H3,(H,31,32)/t18?,19-/m1/s1. The normalized spacial score (nSPS) is 20.5. The topological polar surface area (TPSA) is 90.4 Å². The molecule has 34 heavy (non-hydrogen) atoms. The Kier molecular flexibility index (Phi) is 8.87. The number of anilines is 1. The second-order valence-electron chi connectivity index (χ2n) is 9.42. The summed E-state index contributed by atoms with van der Waals surface area (Å²) in [5.41, 5.74) is 2.23. The molecule has 0 spiro atoms. The van der Waals surface area contributed by atoms with Gasteiger partial charge in [-0.15, -0.1) is 11.8 Å². The highest BCUT2D eigenvalue weighted by atomic mass is 32.2. The molecule has 1 N–H and O–H groups in total. The van der Waals surface area contributed by atoms with E-state index in [2.05, 4.69) is 0 Å². The Morgan fingerprint density at radius 1 is 1.29 bits per heavy atom. The molecule has 1 aromatic rings. The number of methoxy groups -OCH3 is 1. The predicted octanol–water partition coefficient (Wildman–Crippen LogP) is 4.24. The molecule has 0 radical (unpaired) electrons. The number of fused-ring (bicyclic) bond motifs is 1. The van der Waals surface area contributed by atoms with E-state index >= 15 is 0 Å². The SMILES string of the molecule is COCCCCN1C(=O)C(C)Sc2cc(C)c(C(=O)N(C(C)C)[C@@H]3CCCN(C(=O)O)C3)cc21. The van der Waals surface area contributed by atoms with Gasteiger partial charge in [0.05, 0.1) is 17.0 Å². The summed E-state index contributed by atoms with van der Waals surface area (Å²) in [7, 11) is 1.67. The van der Waals surface area contributed by atoms with Gasteiger partial charge in [0.1, 0.15) is 0 Å². The average molecular weight is 492 g/mol. The third-order valence-corrected chi connectivity index (χ3v) is 7.71. The molecule has 1 unspecified atom stereocenters. The van der Waals surface area contributed by atoms with Crippen molar-refractivity contribution in [2.75, 3.05) is 38.3 Å². The van der Waals surface area contributed by atoms with Crippen molar-refractivity contribution in [3.8, 4) is 0 Å². The van der Waals surface area contributed by atoms with Crippen molar-refractivity contribution in [2.45, 2.75) is 75.6 Å². The van der Waals surface area contributed by atoms with Crippen LogP contribution in [-0.4, -0.2) is 83.5 Å². The number of hydrogen-bond donors (Lipinski definition) is 1. The number of piperidine rings is 1. The Morgan fingerprint density at radius 3 is 2.68 bits per heavy atom. The van der Waals surface area contributed by atoms with E-state index in [1.165, 1.54) is 16.7 Å². The fraction of sp³-hybridized carbons (Fsp3) is 0.640. The number of carbonyl (C=O) groups is 3. The summed E-state index contributed by atoms with van der Waals surface area (Å²) in [5, 5.41) is 9.29. The third kappa shape index (κ3) is 5.68. The summed E-state index contributed by atoms with van der Waals surface area (Å²) in [6.45, 7) is 9.84. The Labute approximate surface area is 206 Å². The molecule has 1 saturated heterocycles. The lowest BCUT2D eigenvalue weighted by molar-refractivity contribution is -0.118. The number of carboxylic acid groups (broad SMARTS) is 1. The number of amides is 3. The number of ether oxygens (including phenoxy) is 1. The molecule has 0 aliphatic carbocycles. The Bertz CT molecular complexity index is 922. The van der Waals surface area contributed by atoms with Crippen LogP contribution in [0.1, 0.15) is 62.4 Å². The molecule has 8 nitrogen and oxygen atoms in total. The molecule has 3 amide bonds. The number of hydrogen-bond acceptors (Lipinski definition) is 5. The number of carbonyl (C=O) groups excluding carboxylic acids is 2. The first kappa shape index (κ1) is 26.3. The molecule has 0 bridgehead atoms. The van der Waals surface area contributed by atoms with Crippen LogP contribution in [0.15, 0.2) is 17.0 Å². The summed E-state index contributed by atoms with van der Waals surface area (Å²) in [6.07, 6.45) is 2.24. The zero-order chi connectivity index (χ0) is 25.0. The fourth-order valence-corrected chi connectivity index (χ4v) is 5.99. The zero-order valence-electron chi connectivity index (χ0n) is 20.9. The van der Waals surface area contributed by atoms with Crippen LogP contribution in [0.4, 0.5) is 10.5 Å². The van der Waals surface area contributed by atoms with Crippen molar-refractivity contribution in [1.82, 2.24) is 9.80 Å². The summed E-state index contributed by atoms with van der Waals surface area (Å²) in [4.78, 5) is 44.5. The lowest BCUT2D eigenvalue weighted by Gasteiger charge is -2.41. The molecule has 2 heterocycles. The van der Waals surface area contributed by atoms with Crippen molar-refractivity contribution < 1.29 is 24.2 Å². The summed E-state index contributed by atoms with van der Waals surface area (Å²) in [6, 6.07) is 3.63. The molecule has 1 aromatic carbocycles. The van der Waals surface area contributed by atoms with E-state index in [9.17, 15) is 19.5 Å². The molecular formula is C25H37N3O5S. The first-order valence-electron chi connectivity index (χ1n) is 12.1. The van der Waals surface area contributed by atoms with Crippen LogP contribution in [0.2, 0.25) is 0 Å². The minimum Gasteiger partial charge on any atom is -0.465 e. The van der Waals surface area contributed by atoms with Crippen molar-refractivity contribution >= 4 is 35.4 Å². The minimum absolute atomic E-state index is 0.0577. The maximum absolute atomic E-state index is 13.9. The van der Waals surface area contributed by atoms with Gasteiger partial charge in [0.25, 0.3) is 5.91 Å². The van der Waals surface area contributed by atoms with Gasteiger partial charge in [0, 0.05) is 49.9 Å². The van der Waals surface area contributed by atoms with E-state index in [-0.39, 0.29) is 29.1 Å². The monoisotopic (exact) mass is 491 g/mol. The summed E-state index contributed by atoms with van der Waals surface area (Å²) >= 11 is 1.54. The van der Waals surface area contributed by atoms with Crippen molar-refractivity contribution in [3.05, 3.63) is 23.3 Å². The summed E-state index contributed by atoms with van der Waals surface area (Å²) in [5.74, 6) is -0.0507.